The first-order valence-corrected chi connectivity index (χ1v) is 6.39. The van der Waals surface area contributed by atoms with E-state index in [0.717, 1.165) is 30.8 Å². The Balaban J connectivity index is 2.39. The zero-order valence-corrected chi connectivity index (χ0v) is 9.82. The van der Waals surface area contributed by atoms with Gasteiger partial charge in [0.05, 0.1) is 5.54 Å². The van der Waals surface area contributed by atoms with Crippen LogP contribution >= 0.6 is 11.8 Å². The van der Waals surface area contributed by atoms with Crippen LogP contribution in [0.5, 0.6) is 0 Å². The first-order valence-electron chi connectivity index (χ1n) is 5.24. The molecule has 1 heterocycles. The Morgan fingerprint density at radius 2 is 2.43 bits per heavy atom. The number of amides is 1. The molecular formula is C10H20N2OS. The predicted octanol–water partition coefficient (Wildman–Crippen LogP) is 1.13. The summed E-state index contributed by atoms with van der Waals surface area (Å²) in [4.78, 5) is 11.8. The first kappa shape index (κ1) is 11.9. The van der Waals surface area contributed by atoms with Gasteiger partial charge < -0.3 is 11.1 Å². The molecule has 3 nitrogen and oxygen atoms in total. The average Bonchev–Trinajstić information content (AvgIpc) is 2.56. The lowest BCUT2D eigenvalue weighted by molar-refractivity contribution is -0.126. The van der Waals surface area contributed by atoms with Crippen LogP contribution in [0.3, 0.4) is 0 Å². The number of carbonyl (C=O) groups is 1. The molecule has 0 saturated carbocycles. The van der Waals surface area contributed by atoms with Crippen molar-refractivity contribution >= 4 is 17.7 Å². The van der Waals surface area contributed by atoms with E-state index in [1.807, 2.05) is 25.6 Å². The minimum Gasteiger partial charge on any atom is -0.351 e. The molecule has 1 fully saturated rings. The van der Waals surface area contributed by atoms with E-state index in [1.54, 1.807) is 0 Å². The molecule has 14 heavy (non-hydrogen) atoms. The second-order valence-corrected chi connectivity index (χ2v) is 5.35. The van der Waals surface area contributed by atoms with E-state index in [2.05, 4.69) is 5.32 Å². The monoisotopic (exact) mass is 216 g/mol. The summed E-state index contributed by atoms with van der Waals surface area (Å²) in [5.41, 5.74) is 5.24. The fraction of sp³-hybridized carbons (Fsp3) is 0.900. The Labute approximate surface area is 90.2 Å². The lowest BCUT2D eigenvalue weighted by Gasteiger charge is -2.25. The van der Waals surface area contributed by atoms with Gasteiger partial charge in [-0.05, 0) is 25.5 Å². The van der Waals surface area contributed by atoms with Crippen LogP contribution in [0.4, 0.5) is 0 Å². The summed E-state index contributed by atoms with van der Waals surface area (Å²) >= 11 is 1.89. The molecule has 0 aromatic rings. The van der Waals surface area contributed by atoms with Crippen molar-refractivity contribution in [2.24, 2.45) is 5.73 Å². The van der Waals surface area contributed by atoms with E-state index < -0.39 is 5.54 Å². The molecule has 1 amide bonds. The van der Waals surface area contributed by atoms with Crippen molar-refractivity contribution in [1.82, 2.24) is 5.32 Å². The molecule has 1 aliphatic rings. The Hall–Kier alpha value is -0.220. The van der Waals surface area contributed by atoms with Crippen LogP contribution < -0.4 is 11.1 Å². The third-order valence-corrected chi connectivity index (χ3v) is 3.72. The zero-order chi connectivity index (χ0) is 10.6. The lowest BCUT2D eigenvalue weighted by Crippen LogP contribution is -2.54. The maximum atomic E-state index is 11.8. The lowest BCUT2D eigenvalue weighted by atomic mass is 9.96. The number of nitrogens with two attached hydrogens (primary N) is 1. The summed E-state index contributed by atoms with van der Waals surface area (Å²) in [5, 5.41) is 3.02. The highest BCUT2D eigenvalue weighted by molar-refractivity contribution is 7.99. The Bertz CT molecular complexity index is 200. The number of hydrogen-bond acceptors (Lipinski definition) is 3. The van der Waals surface area contributed by atoms with E-state index in [1.165, 1.54) is 0 Å². The standard InChI is InChI=1S/C10H20N2OS/c1-3-5-10(2,11)9(13)12-8-4-6-14-7-8/h8H,3-7,11H2,1-2H3,(H,12,13). The average molecular weight is 216 g/mol. The molecule has 82 valence electrons. The predicted molar refractivity (Wildman–Crippen MR) is 61.4 cm³/mol. The molecule has 1 aliphatic heterocycles. The van der Waals surface area contributed by atoms with Crippen molar-refractivity contribution < 1.29 is 4.79 Å². The maximum absolute atomic E-state index is 11.8. The molecule has 1 rings (SSSR count). The molecule has 2 atom stereocenters. The third kappa shape index (κ3) is 3.17. The smallest absolute Gasteiger partial charge is 0.240 e. The zero-order valence-electron chi connectivity index (χ0n) is 9.01. The van der Waals surface area contributed by atoms with Crippen molar-refractivity contribution in [3.05, 3.63) is 0 Å². The minimum atomic E-state index is -0.692. The second kappa shape index (κ2) is 5.03. The molecule has 2 unspecified atom stereocenters. The largest absolute Gasteiger partial charge is 0.351 e. The molecule has 0 radical (unpaired) electrons. The highest BCUT2D eigenvalue weighted by atomic mass is 32.2. The fourth-order valence-corrected chi connectivity index (χ4v) is 2.78. The van der Waals surface area contributed by atoms with Crippen molar-refractivity contribution in [1.29, 1.82) is 0 Å². The Morgan fingerprint density at radius 1 is 1.71 bits per heavy atom. The molecule has 3 N–H and O–H groups in total. The van der Waals surface area contributed by atoms with E-state index in [-0.39, 0.29) is 5.91 Å². The summed E-state index contributed by atoms with van der Waals surface area (Å²) in [7, 11) is 0. The van der Waals surface area contributed by atoms with Gasteiger partial charge in [0.25, 0.3) is 0 Å². The summed E-state index contributed by atoms with van der Waals surface area (Å²) < 4.78 is 0. The summed E-state index contributed by atoms with van der Waals surface area (Å²) in [5.74, 6) is 2.19. The summed E-state index contributed by atoms with van der Waals surface area (Å²) in [6, 6.07) is 0.340. The van der Waals surface area contributed by atoms with Crippen LogP contribution in [-0.2, 0) is 4.79 Å². The normalized spacial score (nSPS) is 25.8. The van der Waals surface area contributed by atoms with Gasteiger partial charge in [-0.15, -0.1) is 0 Å². The van der Waals surface area contributed by atoms with Gasteiger partial charge in [0.1, 0.15) is 0 Å². The quantitative estimate of drug-likeness (QED) is 0.740. The topological polar surface area (TPSA) is 55.1 Å². The highest BCUT2D eigenvalue weighted by Gasteiger charge is 2.29. The van der Waals surface area contributed by atoms with Crippen LogP contribution in [0.1, 0.15) is 33.1 Å². The van der Waals surface area contributed by atoms with Gasteiger partial charge in [-0.2, -0.15) is 11.8 Å². The molecule has 0 aromatic heterocycles. The third-order valence-electron chi connectivity index (χ3n) is 2.55. The van der Waals surface area contributed by atoms with Gasteiger partial charge in [-0.3, -0.25) is 4.79 Å². The number of nitrogens with one attached hydrogen (secondary N) is 1. The molecule has 4 heteroatoms. The van der Waals surface area contributed by atoms with Crippen molar-refractivity contribution in [2.75, 3.05) is 11.5 Å². The van der Waals surface area contributed by atoms with Crippen LogP contribution in [0.2, 0.25) is 0 Å². The summed E-state index contributed by atoms with van der Waals surface area (Å²) in [6.07, 6.45) is 2.77. The summed E-state index contributed by atoms with van der Waals surface area (Å²) in [6.45, 7) is 3.86. The van der Waals surface area contributed by atoms with E-state index in [0.29, 0.717) is 6.04 Å². The fourth-order valence-electron chi connectivity index (χ4n) is 1.63. The molecule has 0 bridgehead atoms. The van der Waals surface area contributed by atoms with E-state index >= 15 is 0 Å². The molecule has 0 aromatic carbocycles. The van der Waals surface area contributed by atoms with Gasteiger partial charge in [-0.1, -0.05) is 13.3 Å². The van der Waals surface area contributed by atoms with E-state index in [4.69, 9.17) is 5.73 Å². The van der Waals surface area contributed by atoms with Crippen molar-refractivity contribution in [3.8, 4) is 0 Å². The number of thioether (sulfide) groups is 1. The van der Waals surface area contributed by atoms with Crippen molar-refractivity contribution in [2.45, 2.75) is 44.7 Å². The molecule has 1 saturated heterocycles. The number of hydrogen-bond donors (Lipinski definition) is 2. The second-order valence-electron chi connectivity index (χ2n) is 4.20. The first-order chi connectivity index (χ1) is 6.56. The Kier molecular flexibility index (Phi) is 4.26. The van der Waals surface area contributed by atoms with Gasteiger partial charge in [-0.25, -0.2) is 0 Å². The Morgan fingerprint density at radius 3 is 2.93 bits per heavy atom. The van der Waals surface area contributed by atoms with Crippen LogP contribution in [0.15, 0.2) is 0 Å². The maximum Gasteiger partial charge on any atom is 0.240 e. The number of rotatable bonds is 4. The molecular weight excluding hydrogens is 196 g/mol. The van der Waals surface area contributed by atoms with Gasteiger partial charge >= 0.3 is 0 Å². The van der Waals surface area contributed by atoms with Gasteiger partial charge in [0.15, 0.2) is 0 Å². The van der Waals surface area contributed by atoms with Gasteiger partial charge in [0, 0.05) is 11.8 Å². The van der Waals surface area contributed by atoms with Crippen LogP contribution in [-0.4, -0.2) is 29.0 Å². The van der Waals surface area contributed by atoms with Crippen LogP contribution in [0, 0.1) is 0 Å². The van der Waals surface area contributed by atoms with Crippen LogP contribution in [0.25, 0.3) is 0 Å². The molecule has 0 aliphatic carbocycles. The SMILES string of the molecule is CCCC(C)(N)C(=O)NC1CCSC1. The van der Waals surface area contributed by atoms with Crippen molar-refractivity contribution in [3.63, 3.8) is 0 Å². The number of carbonyl (C=O) groups excluding carboxylic acids is 1. The minimum absolute atomic E-state index is 0.00634. The molecule has 0 spiro atoms. The highest BCUT2D eigenvalue weighted by Crippen LogP contribution is 2.18. The van der Waals surface area contributed by atoms with Gasteiger partial charge in [0.2, 0.25) is 5.91 Å². The van der Waals surface area contributed by atoms with E-state index in [9.17, 15) is 4.79 Å².